The summed E-state index contributed by atoms with van der Waals surface area (Å²) in [6.07, 6.45) is 9.50. The zero-order valence-corrected chi connectivity index (χ0v) is 16.7. The third kappa shape index (κ3) is 3.74. The number of amides is 1. The van der Waals surface area contributed by atoms with E-state index >= 15 is 0 Å². The molecule has 4 rings (SSSR count). The fourth-order valence-electron chi connectivity index (χ4n) is 3.75. The highest BCUT2D eigenvalue weighted by Gasteiger charge is 2.45. The number of H-pyrrole nitrogens is 1. The predicted octanol–water partition coefficient (Wildman–Crippen LogP) is 2.52. The number of likely N-dealkylation sites (tertiary alicyclic amines) is 1. The second-order valence-corrected chi connectivity index (χ2v) is 7.35. The molecule has 7 nitrogen and oxygen atoms in total. The van der Waals surface area contributed by atoms with Gasteiger partial charge in [-0.25, -0.2) is 4.57 Å². The number of pyridine rings is 1. The molecule has 0 radical (unpaired) electrons. The van der Waals surface area contributed by atoms with Gasteiger partial charge in [0.2, 0.25) is 6.33 Å². The number of hydrogen-bond acceptors (Lipinski definition) is 4. The van der Waals surface area contributed by atoms with Crippen LogP contribution < -0.4 is 4.57 Å². The first-order chi connectivity index (χ1) is 14.6. The van der Waals surface area contributed by atoms with Crippen molar-refractivity contribution in [3.63, 3.8) is 0 Å². The molecular formula is C23H23N4O3+. The summed E-state index contributed by atoms with van der Waals surface area (Å²) in [5, 5.41) is 11.0. The third-order valence-electron chi connectivity index (χ3n) is 5.28. The minimum atomic E-state index is -0.670. The molecule has 2 N–H and O–H groups in total. The molecule has 1 atom stereocenters. The number of rotatable bonds is 6. The lowest BCUT2D eigenvalue weighted by atomic mass is 9.96. The molecule has 1 aromatic carbocycles. The second-order valence-electron chi connectivity index (χ2n) is 7.35. The van der Waals surface area contributed by atoms with E-state index in [1.165, 1.54) is 4.90 Å². The first-order valence-corrected chi connectivity index (χ1v) is 9.83. The number of aromatic amines is 1. The number of aryl methyl sites for hydroxylation is 2. The molecule has 30 heavy (non-hydrogen) atoms. The summed E-state index contributed by atoms with van der Waals surface area (Å²) < 4.78 is 1.97. The lowest BCUT2D eigenvalue weighted by Crippen LogP contribution is -2.36. The van der Waals surface area contributed by atoms with Crippen molar-refractivity contribution in [3.8, 4) is 0 Å². The lowest BCUT2D eigenvalue weighted by Gasteiger charge is -2.24. The predicted molar refractivity (Wildman–Crippen MR) is 110 cm³/mol. The van der Waals surface area contributed by atoms with Crippen molar-refractivity contribution in [2.45, 2.75) is 25.9 Å². The standard InChI is InChI=1S/C23H22N4O3/c1-16-5-7-17(8-6-16)21(28)19-20(18-4-2-9-24-14-18)27(23(30)22(19)29)12-3-11-26-13-10-25-15-26/h2,4-10,13-15,20H,3,11-12H2,1H3,(H,28,29)/p+1. The van der Waals surface area contributed by atoms with Gasteiger partial charge in [-0.15, -0.1) is 0 Å². The molecule has 152 valence electrons. The number of aromatic nitrogens is 3. The van der Waals surface area contributed by atoms with Gasteiger partial charge in [-0.05, 0) is 18.6 Å². The molecule has 3 aromatic rings. The number of Topliss-reactive ketones (excluding diaryl/α,β-unsaturated/α-hetero) is 1. The van der Waals surface area contributed by atoms with E-state index in [4.69, 9.17) is 0 Å². The molecule has 0 saturated carbocycles. The molecule has 7 heteroatoms. The minimum Gasteiger partial charge on any atom is -0.507 e. The Labute approximate surface area is 174 Å². The summed E-state index contributed by atoms with van der Waals surface area (Å²) in [6, 6.07) is 10.1. The van der Waals surface area contributed by atoms with E-state index in [0.29, 0.717) is 30.6 Å². The Hall–Kier alpha value is -3.74. The Balaban J connectivity index is 1.71. The van der Waals surface area contributed by atoms with Crippen molar-refractivity contribution < 1.29 is 19.3 Å². The van der Waals surface area contributed by atoms with Gasteiger partial charge in [-0.3, -0.25) is 19.6 Å². The van der Waals surface area contributed by atoms with E-state index < -0.39 is 17.7 Å². The van der Waals surface area contributed by atoms with Gasteiger partial charge in [-0.2, -0.15) is 0 Å². The Kier molecular flexibility index (Phi) is 5.43. The van der Waals surface area contributed by atoms with Crippen molar-refractivity contribution in [2.75, 3.05) is 6.54 Å². The van der Waals surface area contributed by atoms with Crippen molar-refractivity contribution >= 4 is 17.4 Å². The highest BCUT2D eigenvalue weighted by atomic mass is 16.3. The van der Waals surface area contributed by atoms with Gasteiger partial charge in [0, 0.05) is 30.9 Å². The van der Waals surface area contributed by atoms with Crippen molar-refractivity contribution in [2.24, 2.45) is 0 Å². The number of nitrogens with zero attached hydrogens (tertiary/aromatic N) is 3. The third-order valence-corrected chi connectivity index (χ3v) is 5.28. The highest BCUT2D eigenvalue weighted by Crippen LogP contribution is 2.39. The van der Waals surface area contributed by atoms with Crippen LogP contribution in [0.5, 0.6) is 0 Å². The molecule has 1 aliphatic rings. The molecule has 1 amide bonds. The number of nitrogens with one attached hydrogen (secondary N) is 1. The molecule has 3 heterocycles. The molecule has 1 saturated heterocycles. The largest absolute Gasteiger partial charge is 0.507 e. The van der Waals surface area contributed by atoms with E-state index in [-0.39, 0.29) is 11.3 Å². The summed E-state index contributed by atoms with van der Waals surface area (Å²) >= 11 is 0. The van der Waals surface area contributed by atoms with Gasteiger partial charge < -0.3 is 10.0 Å². The van der Waals surface area contributed by atoms with Crippen LogP contribution in [0.25, 0.3) is 5.76 Å². The molecule has 0 spiro atoms. The molecule has 1 unspecified atom stereocenters. The van der Waals surface area contributed by atoms with E-state index in [0.717, 1.165) is 5.56 Å². The SMILES string of the molecule is Cc1ccc(/C(O)=C2\C(=O)C(=O)N(CCC[n+]3cc[nH]c3)C2c2cccnc2)cc1. The van der Waals surface area contributed by atoms with Gasteiger partial charge in [-0.1, -0.05) is 35.9 Å². The normalized spacial score (nSPS) is 18.2. The Morgan fingerprint density at radius 2 is 2.03 bits per heavy atom. The molecule has 0 aliphatic carbocycles. The summed E-state index contributed by atoms with van der Waals surface area (Å²) in [7, 11) is 0. The molecule has 0 bridgehead atoms. The summed E-state index contributed by atoms with van der Waals surface area (Å²) in [5.74, 6) is -1.43. The second kappa shape index (κ2) is 8.32. The monoisotopic (exact) mass is 403 g/mol. The number of carbonyl (C=O) groups excluding carboxylic acids is 2. The van der Waals surface area contributed by atoms with Crippen molar-refractivity contribution in [1.29, 1.82) is 0 Å². The minimum absolute atomic E-state index is 0.103. The van der Waals surface area contributed by atoms with Crippen molar-refractivity contribution in [1.82, 2.24) is 14.9 Å². The summed E-state index contributed by atoms with van der Waals surface area (Å²) in [4.78, 5) is 34.5. The van der Waals surface area contributed by atoms with Crippen LogP contribution in [0.15, 0.2) is 73.1 Å². The van der Waals surface area contributed by atoms with Crippen LogP contribution in [0.2, 0.25) is 0 Å². The van der Waals surface area contributed by atoms with Crippen LogP contribution in [-0.4, -0.2) is 38.2 Å². The number of imidazole rings is 1. The number of aliphatic hydroxyl groups excluding tert-OH is 1. The zero-order valence-electron chi connectivity index (χ0n) is 16.7. The molecule has 2 aromatic heterocycles. The van der Waals surface area contributed by atoms with Gasteiger partial charge in [0.25, 0.3) is 11.7 Å². The van der Waals surface area contributed by atoms with Crippen LogP contribution in [0.1, 0.15) is 29.2 Å². The van der Waals surface area contributed by atoms with Crippen LogP contribution in [0.3, 0.4) is 0 Å². The van der Waals surface area contributed by atoms with Crippen LogP contribution in [0.4, 0.5) is 0 Å². The summed E-state index contributed by atoms with van der Waals surface area (Å²) in [6.45, 7) is 3.03. The maximum Gasteiger partial charge on any atom is 0.295 e. The fourth-order valence-corrected chi connectivity index (χ4v) is 3.75. The zero-order chi connectivity index (χ0) is 21.1. The maximum atomic E-state index is 12.9. The molecule has 1 fully saturated rings. The van der Waals surface area contributed by atoms with E-state index in [9.17, 15) is 14.7 Å². The number of benzene rings is 1. The first-order valence-electron chi connectivity index (χ1n) is 9.83. The average molecular weight is 403 g/mol. The average Bonchev–Trinajstić information content (AvgIpc) is 3.37. The highest BCUT2D eigenvalue weighted by molar-refractivity contribution is 6.46. The lowest BCUT2D eigenvalue weighted by molar-refractivity contribution is -0.695. The summed E-state index contributed by atoms with van der Waals surface area (Å²) in [5.41, 5.74) is 2.35. The van der Waals surface area contributed by atoms with Crippen molar-refractivity contribution in [3.05, 3.63) is 89.8 Å². The first kappa shape index (κ1) is 19.6. The number of aliphatic hydroxyl groups is 1. The van der Waals surface area contributed by atoms with Crippen LogP contribution in [-0.2, 0) is 16.1 Å². The van der Waals surface area contributed by atoms with E-state index in [1.807, 2.05) is 48.4 Å². The van der Waals surface area contributed by atoms with E-state index in [1.54, 1.807) is 30.6 Å². The van der Waals surface area contributed by atoms with Gasteiger partial charge in [0.05, 0.1) is 18.2 Å². The van der Waals surface area contributed by atoms with E-state index in [2.05, 4.69) is 9.97 Å². The Morgan fingerprint density at radius 3 is 2.70 bits per heavy atom. The maximum absolute atomic E-state index is 12.9. The number of ketones is 1. The topological polar surface area (TPSA) is 90.2 Å². The Morgan fingerprint density at radius 1 is 1.23 bits per heavy atom. The van der Waals surface area contributed by atoms with Crippen LogP contribution in [0, 0.1) is 6.92 Å². The van der Waals surface area contributed by atoms with Gasteiger partial charge in [0.1, 0.15) is 18.2 Å². The number of hydrogen-bond donors (Lipinski definition) is 2. The molecular weight excluding hydrogens is 380 g/mol. The van der Waals surface area contributed by atoms with Crippen LogP contribution >= 0.6 is 0 Å². The Bertz CT molecular complexity index is 1070. The van der Waals surface area contributed by atoms with Gasteiger partial charge in [0.15, 0.2) is 0 Å². The quantitative estimate of drug-likeness (QED) is 0.286. The van der Waals surface area contributed by atoms with Gasteiger partial charge >= 0.3 is 0 Å². The molecule has 1 aliphatic heterocycles. The number of carbonyl (C=O) groups is 2. The smallest absolute Gasteiger partial charge is 0.295 e. The fraction of sp³-hybridized carbons (Fsp3) is 0.217.